The number of amides is 2. The lowest BCUT2D eigenvalue weighted by Crippen LogP contribution is -2.53. The van der Waals surface area contributed by atoms with Gasteiger partial charge in [-0.15, -0.1) is 0 Å². The van der Waals surface area contributed by atoms with Crippen molar-refractivity contribution in [1.29, 1.82) is 0 Å². The number of carbonyl (C=O) groups excluding carboxylic acids is 1. The highest BCUT2D eigenvalue weighted by Crippen LogP contribution is 2.07. The third kappa shape index (κ3) is 2.45. The number of carboxylic acid groups (broad SMARTS) is 1. The van der Waals surface area contributed by atoms with Crippen LogP contribution in [0, 0.1) is 0 Å². The first-order chi connectivity index (χ1) is 4.92. The van der Waals surface area contributed by atoms with Crippen LogP contribution in [0.2, 0.25) is 0 Å². The summed E-state index contributed by atoms with van der Waals surface area (Å²) in [6, 6.07) is -0.822. The standard InChI is InChI=1S/C6H12N2O3/c1-3-6(2,4(9)10)8-5(7)11/h3H2,1-2H3,(H,9,10)(H3,7,8,11)/t6-/m1/s1. The number of hydrogen-bond donors (Lipinski definition) is 3. The molecule has 11 heavy (non-hydrogen) atoms. The van der Waals surface area contributed by atoms with Gasteiger partial charge in [0.2, 0.25) is 0 Å². The van der Waals surface area contributed by atoms with E-state index in [1.54, 1.807) is 6.92 Å². The van der Waals surface area contributed by atoms with Crippen LogP contribution < -0.4 is 11.1 Å². The summed E-state index contributed by atoms with van der Waals surface area (Å²) in [7, 11) is 0. The Labute approximate surface area is 64.6 Å². The predicted octanol–water partition coefficient (Wildman–Crippen LogP) is -0.0920. The minimum atomic E-state index is -1.24. The van der Waals surface area contributed by atoms with Gasteiger partial charge in [0.15, 0.2) is 0 Å². The molecule has 5 nitrogen and oxygen atoms in total. The quantitative estimate of drug-likeness (QED) is 0.538. The van der Waals surface area contributed by atoms with E-state index < -0.39 is 17.5 Å². The number of carbonyl (C=O) groups is 2. The van der Waals surface area contributed by atoms with E-state index in [4.69, 9.17) is 10.8 Å². The molecule has 0 aromatic heterocycles. The van der Waals surface area contributed by atoms with Gasteiger partial charge in [0.1, 0.15) is 5.54 Å². The fraction of sp³-hybridized carbons (Fsp3) is 0.667. The summed E-state index contributed by atoms with van der Waals surface area (Å²) >= 11 is 0. The number of nitrogens with two attached hydrogens (primary N) is 1. The summed E-state index contributed by atoms with van der Waals surface area (Å²) in [6.45, 7) is 3.06. The molecule has 2 amide bonds. The SMILES string of the molecule is CC[C@@](C)(NC(N)=O)C(=O)O. The summed E-state index contributed by atoms with van der Waals surface area (Å²) in [4.78, 5) is 20.8. The van der Waals surface area contributed by atoms with E-state index in [1.165, 1.54) is 6.92 Å². The van der Waals surface area contributed by atoms with Gasteiger partial charge < -0.3 is 16.2 Å². The lowest BCUT2D eigenvalue weighted by Gasteiger charge is -2.22. The zero-order valence-electron chi connectivity index (χ0n) is 6.55. The Balaban J connectivity index is 4.34. The third-order valence-electron chi connectivity index (χ3n) is 1.58. The van der Waals surface area contributed by atoms with Crippen LogP contribution in [0.4, 0.5) is 4.79 Å². The smallest absolute Gasteiger partial charge is 0.329 e. The number of urea groups is 1. The number of rotatable bonds is 3. The highest BCUT2D eigenvalue weighted by Gasteiger charge is 2.31. The molecule has 0 aromatic carbocycles. The molecule has 0 aliphatic heterocycles. The molecule has 0 heterocycles. The largest absolute Gasteiger partial charge is 0.480 e. The first-order valence-electron chi connectivity index (χ1n) is 3.23. The van der Waals surface area contributed by atoms with Crippen molar-refractivity contribution in [1.82, 2.24) is 5.32 Å². The molecule has 4 N–H and O–H groups in total. The number of primary amides is 1. The van der Waals surface area contributed by atoms with E-state index in [2.05, 4.69) is 5.32 Å². The van der Waals surface area contributed by atoms with Gasteiger partial charge in [0.05, 0.1) is 0 Å². The van der Waals surface area contributed by atoms with Crippen LogP contribution >= 0.6 is 0 Å². The van der Waals surface area contributed by atoms with Gasteiger partial charge in [-0.3, -0.25) is 0 Å². The molecule has 0 aliphatic carbocycles. The van der Waals surface area contributed by atoms with Crippen molar-refractivity contribution in [3.63, 3.8) is 0 Å². The van der Waals surface area contributed by atoms with Gasteiger partial charge in [0, 0.05) is 0 Å². The number of carboxylic acids is 1. The molecule has 0 aliphatic rings. The van der Waals surface area contributed by atoms with Crippen LogP contribution in [0.3, 0.4) is 0 Å². The summed E-state index contributed by atoms with van der Waals surface area (Å²) in [6.07, 6.45) is 0.297. The van der Waals surface area contributed by atoms with Crippen molar-refractivity contribution in [2.75, 3.05) is 0 Å². The Morgan fingerprint density at radius 3 is 2.18 bits per heavy atom. The molecular formula is C6H12N2O3. The van der Waals surface area contributed by atoms with Gasteiger partial charge in [-0.2, -0.15) is 0 Å². The highest BCUT2D eigenvalue weighted by molar-refractivity contribution is 5.85. The third-order valence-corrected chi connectivity index (χ3v) is 1.58. The van der Waals surface area contributed by atoms with Crippen molar-refractivity contribution < 1.29 is 14.7 Å². The Morgan fingerprint density at radius 2 is 2.09 bits per heavy atom. The zero-order valence-corrected chi connectivity index (χ0v) is 6.55. The monoisotopic (exact) mass is 160 g/mol. The summed E-state index contributed by atoms with van der Waals surface area (Å²) in [5.41, 5.74) is 3.53. The molecule has 0 aromatic rings. The van der Waals surface area contributed by atoms with Crippen molar-refractivity contribution in [2.24, 2.45) is 5.73 Å². The molecule has 0 fully saturated rings. The fourth-order valence-corrected chi connectivity index (χ4v) is 0.565. The van der Waals surface area contributed by atoms with Crippen molar-refractivity contribution in [3.05, 3.63) is 0 Å². The van der Waals surface area contributed by atoms with Crippen LogP contribution in [0.25, 0.3) is 0 Å². The van der Waals surface area contributed by atoms with Crippen molar-refractivity contribution in [3.8, 4) is 0 Å². The molecule has 0 rings (SSSR count). The van der Waals surface area contributed by atoms with E-state index in [-0.39, 0.29) is 0 Å². The second-order valence-electron chi connectivity index (χ2n) is 2.48. The van der Waals surface area contributed by atoms with E-state index in [0.29, 0.717) is 6.42 Å². The number of aliphatic carboxylic acids is 1. The topological polar surface area (TPSA) is 92.4 Å². The van der Waals surface area contributed by atoms with E-state index in [0.717, 1.165) is 0 Å². The maximum absolute atomic E-state index is 10.5. The van der Waals surface area contributed by atoms with Crippen LogP contribution in [0.15, 0.2) is 0 Å². The van der Waals surface area contributed by atoms with Gasteiger partial charge >= 0.3 is 12.0 Å². The fourth-order valence-electron chi connectivity index (χ4n) is 0.565. The average Bonchev–Trinajstić information content (AvgIpc) is 1.86. The highest BCUT2D eigenvalue weighted by atomic mass is 16.4. The van der Waals surface area contributed by atoms with Crippen LogP contribution in [-0.4, -0.2) is 22.6 Å². The molecule has 0 saturated heterocycles. The first-order valence-corrected chi connectivity index (χ1v) is 3.23. The van der Waals surface area contributed by atoms with Crippen molar-refractivity contribution in [2.45, 2.75) is 25.8 Å². The molecule has 0 bridgehead atoms. The lowest BCUT2D eigenvalue weighted by molar-refractivity contribution is -0.143. The predicted molar refractivity (Wildman–Crippen MR) is 39.1 cm³/mol. The minimum Gasteiger partial charge on any atom is -0.480 e. The van der Waals surface area contributed by atoms with Gasteiger partial charge in [0.25, 0.3) is 0 Å². The normalized spacial score (nSPS) is 15.1. The second-order valence-corrected chi connectivity index (χ2v) is 2.48. The molecule has 0 radical (unpaired) electrons. The Hall–Kier alpha value is -1.26. The summed E-state index contributed by atoms with van der Waals surface area (Å²) in [5.74, 6) is -1.08. The van der Waals surface area contributed by atoms with Crippen LogP contribution in [-0.2, 0) is 4.79 Å². The van der Waals surface area contributed by atoms with Crippen LogP contribution in [0.5, 0.6) is 0 Å². The Morgan fingerprint density at radius 1 is 1.64 bits per heavy atom. The molecule has 0 saturated carbocycles. The molecule has 0 unspecified atom stereocenters. The van der Waals surface area contributed by atoms with E-state index in [9.17, 15) is 9.59 Å². The van der Waals surface area contributed by atoms with Crippen LogP contribution in [0.1, 0.15) is 20.3 Å². The number of nitrogens with one attached hydrogen (secondary N) is 1. The van der Waals surface area contributed by atoms with Gasteiger partial charge in [-0.05, 0) is 13.3 Å². The first kappa shape index (κ1) is 9.74. The average molecular weight is 160 g/mol. The molecule has 1 atom stereocenters. The van der Waals surface area contributed by atoms with E-state index in [1.807, 2.05) is 0 Å². The second kappa shape index (κ2) is 3.23. The maximum atomic E-state index is 10.5. The Bertz CT molecular complexity index is 181. The lowest BCUT2D eigenvalue weighted by atomic mass is 10.00. The molecule has 64 valence electrons. The van der Waals surface area contributed by atoms with Gasteiger partial charge in [-0.25, -0.2) is 9.59 Å². The molecular weight excluding hydrogens is 148 g/mol. The molecule has 5 heteroatoms. The van der Waals surface area contributed by atoms with Crippen molar-refractivity contribution >= 4 is 12.0 Å². The molecule has 0 spiro atoms. The Kier molecular flexibility index (Phi) is 2.86. The summed E-state index contributed by atoms with van der Waals surface area (Å²) < 4.78 is 0. The van der Waals surface area contributed by atoms with Gasteiger partial charge in [-0.1, -0.05) is 6.92 Å². The maximum Gasteiger partial charge on any atom is 0.329 e. The summed E-state index contributed by atoms with van der Waals surface area (Å²) in [5, 5.41) is 10.8. The minimum absolute atomic E-state index is 0.297. The number of hydrogen-bond acceptors (Lipinski definition) is 2. The zero-order chi connectivity index (χ0) is 9.07. The van der Waals surface area contributed by atoms with E-state index >= 15 is 0 Å².